The van der Waals surface area contributed by atoms with E-state index in [1.807, 2.05) is 41.9 Å². The molecule has 0 bridgehead atoms. The predicted octanol–water partition coefficient (Wildman–Crippen LogP) is 6.75. The van der Waals surface area contributed by atoms with Crippen molar-refractivity contribution in [1.82, 2.24) is 19.4 Å². The number of nitrogens with zero attached hydrogens (tertiary/aromatic N) is 4. The largest absolute Gasteiger partial charge is 0.457 e. The van der Waals surface area contributed by atoms with Gasteiger partial charge in [-0.3, -0.25) is 4.79 Å². The van der Waals surface area contributed by atoms with Gasteiger partial charge < -0.3 is 29.6 Å². The first-order chi connectivity index (χ1) is 20.1. The molecular weight excluding hydrogens is 552 g/mol. The third kappa shape index (κ3) is 7.03. The SMILES string of the molecule is COCCN1CCC(C(=O)Nc2cc(Oc3ccc4c(c3)nc(Nc3ccc(Cl)c(C(C)(C)C)c3)n4C)ccn2)CC1. The van der Waals surface area contributed by atoms with Gasteiger partial charge in [-0.2, -0.15) is 0 Å². The zero-order valence-electron chi connectivity index (χ0n) is 24.9. The van der Waals surface area contributed by atoms with Crippen molar-refractivity contribution < 1.29 is 14.3 Å². The number of rotatable bonds is 9. The van der Waals surface area contributed by atoms with E-state index in [1.54, 1.807) is 25.4 Å². The van der Waals surface area contributed by atoms with Crippen LogP contribution in [0.2, 0.25) is 5.02 Å². The molecule has 0 aliphatic carbocycles. The van der Waals surface area contributed by atoms with Gasteiger partial charge in [-0.25, -0.2) is 9.97 Å². The molecule has 2 aromatic carbocycles. The van der Waals surface area contributed by atoms with Crippen molar-refractivity contribution in [3.8, 4) is 11.5 Å². The monoisotopic (exact) mass is 590 g/mol. The summed E-state index contributed by atoms with van der Waals surface area (Å²) in [7, 11) is 3.68. The second-order valence-corrected chi connectivity index (χ2v) is 12.2. The fraction of sp³-hybridized carbons (Fsp3) is 0.406. The molecule has 4 aromatic rings. The van der Waals surface area contributed by atoms with E-state index in [0.29, 0.717) is 29.9 Å². The van der Waals surface area contributed by atoms with Crippen molar-refractivity contribution in [1.29, 1.82) is 0 Å². The molecule has 9 nitrogen and oxygen atoms in total. The molecule has 1 aliphatic heterocycles. The summed E-state index contributed by atoms with van der Waals surface area (Å²) in [6.45, 7) is 9.82. The third-order valence-corrected chi connectivity index (χ3v) is 8.00. The summed E-state index contributed by atoms with van der Waals surface area (Å²) in [6, 6.07) is 15.2. The smallest absolute Gasteiger partial charge is 0.228 e. The summed E-state index contributed by atoms with van der Waals surface area (Å²) in [4.78, 5) is 24.4. The average Bonchev–Trinajstić information content (AvgIpc) is 3.26. The Morgan fingerprint density at radius 1 is 1.07 bits per heavy atom. The molecule has 222 valence electrons. The van der Waals surface area contributed by atoms with Crippen LogP contribution in [0, 0.1) is 5.92 Å². The minimum Gasteiger partial charge on any atom is -0.457 e. The zero-order valence-corrected chi connectivity index (χ0v) is 25.7. The minimum absolute atomic E-state index is 0.00344. The number of benzene rings is 2. The van der Waals surface area contributed by atoms with Gasteiger partial charge in [0.25, 0.3) is 0 Å². The van der Waals surface area contributed by atoms with E-state index < -0.39 is 0 Å². The number of nitrogens with one attached hydrogen (secondary N) is 2. The quantitative estimate of drug-likeness (QED) is 0.223. The molecule has 0 unspecified atom stereocenters. The number of piperidine rings is 1. The molecule has 1 aliphatic rings. The van der Waals surface area contributed by atoms with Gasteiger partial charge in [0.15, 0.2) is 0 Å². The molecule has 1 amide bonds. The van der Waals surface area contributed by atoms with Gasteiger partial charge in [-0.05, 0) is 73.3 Å². The van der Waals surface area contributed by atoms with E-state index in [4.69, 9.17) is 26.1 Å². The fourth-order valence-corrected chi connectivity index (χ4v) is 5.61. The summed E-state index contributed by atoms with van der Waals surface area (Å²) in [5.41, 5.74) is 3.67. The van der Waals surface area contributed by atoms with Crippen LogP contribution in [0.1, 0.15) is 39.2 Å². The lowest BCUT2D eigenvalue weighted by Crippen LogP contribution is -2.39. The number of hydrogen-bond acceptors (Lipinski definition) is 7. The molecule has 10 heteroatoms. The number of methoxy groups -OCH3 is 1. The number of fused-ring (bicyclic) bond motifs is 1. The molecule has 3 heterocycles. The lowest BCUT2D eigenvalue weighted by atomic mass is 9.87. The number of amides is 1. The normalized spacial score (nSPS) is 14.7. The molecule has 42 heavy (non-hydrogen) atoms. The number of aryl methyl sites for hydroxylation is 1. The van der Waals surface area contributed by atoms with E-state index in [9.17, 15) is 4.79 Å². The van der Waals surface area contributed by atoms with Crippen molar-refractivity contribution in [2.45, 2.75) is 39.0 Å². The number of carbonyl (C=O) groups is 1. The van der Waals surface area contributed by atoms with Crippen LogP contribution < -0.4 is 15.4 Å². The van der Waals surface area contributed by atoms with Gasteiger partial charge in [0, 0.05) is 55.7 Å². The number of pyridine rings is 1. The van der Waals surface area contributed by atoms with Gasteiger partial charge in [0.2, 0.25) is 11.9 Å². The Balaban J connectivity index is 1.24. The topological polar surface area (TPSA) is 93.5 Å². The van der Waals surface area contributed by atoms with Crippen LogP contribution in [0.5, 0.6) is 11.5 Å². The Labute approximate surface area is 252 Å². The maximum absolute atomic E-state index is 12.9. The Morgan fingerprint density at radius 2 is 1.83 bits per heavy atom. The summed E-state index contributed by atoms with van der Waals surface area (Å²) in [6.07, 6.45) is 3.28. The van der Waals surface area contributed by atoms with Crippen molar-refractivity contribution in [2.75, 3.05) is 44.0 Å². The maximum Gasteiger partial charge on any atom is 0.228 e. The zero-order chi connectivity index (χ0) is 29.9. The third-order valence-electron chi connectivity index (χ3n) is 7.67. The molecule has 1 fully saturated rings. The van der Waals surface area contributed by atoms with E-state index in [1.165, 1.54) is 0 Å². The van der Waals surface area contributed by atoms with Crippen LogP contribution in [0.4, 0.5) is 17.5 Å². The maximum atomic E-state index is 12.9. The molecule has 1 saturated heterocycles. The fourth-order valence-electron chi connectivity index (χ4n) is 5.21. The van der Waals surface area contributed by atoms with Crippen molar-refractivity contribution in [2.24, 2.45) is 13.0 Å². The number of hydrogen-bond donors (Lipinski definition) is 2. The second kappa shape index (κ2) is 12.7. The number of likely N-dealkylation sites (tertiary alicyclic amines) is 1. The van der Waals surface area contributed by atoms with Crippen LogP contribution in [-0.2, 0) is 22.0 Å². The minimum atomic E-state index is -0.0785. The van der Waals surface area contributed by atoms with Gasteiger partial charge in [0.05, 0.1) is 17.6 Å². The summed E-state index contributed by atoms with van der Waals surface area (Å²) < 4.78 is 13.3. The molecule has 2 aromatic heterocycles. The van der Waals surface area contributed by atoms with Crippen molar-refractivity contribution in [3.63, 3.8) is 0 Å². The Morgan fingerprint density at radius 3 is 2.57 bits per heavy atom. The molecule has 2 N–H and O–H groups in total. The van der Waals surface area contributed by atoms with Crippen LogP contribution in [0.25, 0.3) is 11.0 Å². The van der Waals surface area contributed by atoms with E-state index in [0.717, 1.165) is 59.8 Å². The molecule has 0 saturated carbocycles. The van der Waals surface area contributed by atoms with Gasteiger partial charge >= 0.3 is 0 Å². The summed E-state index contributed by atoms with van der Waals surface area (Å²) >= 11 is 6.46. The number of halogens is 1. The highest BCUT2D eigenvalue weighted by molar-refractivity contribution is 6.31. The first-order valence-corrected chi connectivity index (χ1v) is 14.7. The van der Waals surface area contributed by atoms with Crippen LogP contribution in [0.15, 0.2) is 54.7 Å². The van der Waals surface area contributed by atoms with Crippen LogP contribution in [0.3, 0.4) is 0 Å². The van der Waals surface area contributed by atoms with Gasteiger partial charge in [0.1, 0.15) is 17.3 Å². The standard InChI is InChI=1S/C32H39ClN6O3/c1-32(2,3)25-18-22(6-8-26(25)33)35-31-36-27-19-23(7-9-28(27)38(31)4)42-24-10-13-34-29(20-24)37-30(40)21-11-14-39(15-12-21)16-17-41-5/h6-10,13,18-21H,11-12,14-17H2,1-5H3,(H,35,36)(H,34,37,40). The molecule has 0 spiro atoms. The number of aromatic nitrogens is 3. The molecule has 5 rings (SSSR count). The summed E-state index contributed by atoms with van der Waals surface area (Å²) in [5.74, 6) is 2.37. The molecule has 0 atom stereocenters. The lowest BCUT2D eigenvalue weighted by molar-refractivity contribution is -0.121. The second-order valence-electron chi connectivity index (χ2n) is 11.8. The number of ether oxygens (including phenoxy) is 2. The number of carbonyl (C=O) groups excluding carboxylic acids is 1. The lowest BCUT2D eigenvalue weighted by Gasteiger charge is -2.30. The highest BCUT2D eigenvalue weighted by atomic mass is 35.5. The molecule has 0 radical (unpaired) electrons. The van der Waals surface area contributed by atoms with Crippen molar-refractivity contribution >= 4 is 46.0 Å². The Bertz CT molecular complexity index is 1560. The predicted molar refractivity (Wildman–Crippen MR) is 168 cm³/mol. The Kier molecular flexibility index (Phi) is 9.01. The van der Waals surface area contributed by atoms with Gasteiger partial charge in [-0.15, -0.1) is 0 Å². The molecular formula is C32H39ClN6O3. The highest BCUT2D eigenvalue weighted by Gasteiger charge is 2.25. The van der Waals surface area contributed by atoms with E-state index >= 15 is 0 Å². The number of anilines is 3. The average molecular weight is 591 g/mol. The summed E-state index contributed by atoms with van der Waals surface area (Å²) in [5, 5.41) is 7.15. The van der Waals surface area contributed by atoms with Crippen molar-refractivity contribution in [3.05, 3.63) is 65.3 Å². The highest BCUT2D eigenvalue weighted by Crippen LogP contribution is 2.33. The van der Waals surface area contributed by atoms with E-state index in [-0.39, 0.29) is 17.2 Å². The van der Waals surface area contributed by atoms with Gasteiger partial charge in [-0.1, -0.05) is 32.4 Å². The van der Waals surface area contributed by atoms with E-state index in [2.05, 4.69) is 47.4 Å². The first-order valence-electron chi connectivity index (χ1n) is 14.3. The Hall–Kier alpha value is -3.66. The number of imidazole rings is 1. The first kappa shape index (κ1) is 29.8. The van der Waals surface area contributed by atoms with Crippen LogP contribution in [-0.4, -0.2) is 58.7 Å². The van der Waals surface area contributed by atoms with Crippen LogP contribution >= 0.6 is 11.6 Å².